The maximum Gasteiger partial charge on any atom is 0.253 e. The van der Waals surface area contributed by atoms with Crippen LogP contribution in [-0.4, -0.2) is 20.5 Å². The van der Waals surface area contributed by atoms with Crippen LogP contribution < -0.4 is 26.8 Å². The number of aromatic nitrogens is 3. The summed E-state index contributed by atoms with van der Waals surface area (Å²) in [5.41, 5.74) is 1.77. The van der Waals surface area contributed by atoms with Crippen molar-refractivity contribution in [1.29, 1.82) is 0 Å². The largest absolute Gasteiger partial charge is 0.375 e. The Bertz CT molecular complexity index is 1350. The molecule has 0 amide bonds. The van der Waals surface area contributed by atoms with E-state index < -0.39 is 10.9 Å². The minimum atomic E-state index is -0.566. The van der Waals surface area contributed by atoms with Crippen molar-refractivity contribution in [1.82, 2.24) is 15.0 Å². The van der Waals surface area contributed by atoms with E-state index >= 15 is 0 Å². The number of hydrogen-bond donors (Lipinski definition) is 3. The first-order valence-electron chi connectivity index (χ1n) is 10.5. The van der Waals surface area contributed by atoms with Gasteiger partial charge in [-0.3, -0.25) is 14.6 Å². The van der Waals surface area contributed by atoms with Crippen LogP contribution in [0.15, 0.2) is 70.5 Å². The zero-order valence-electron chi connectivity index (χ0n) is 18.6. The highest BCUT2D eigenvalue weighted by atomic mass is 16.2. The van der Waals surface area contributed by atoms with Crippen LogP contribution in [0.3, 0.4) is 0 Å². The first kappa shape index (κ1) is 21.9. The van der Waals surface area contributed by atoms with Gasteiger partial charge in [0.15, 0.2) is 0 Å². The van der Waals surface area contributed by atoms with Crippen LogP contribution in [0.1, 0.15) is 32.0 Å². The molecular weight excluding hydrogens is 416 g/mol. The molecule has 4 rings (SSSR count). The van der Waals surface area contributed by atoms with E-state index in [0.29, 0.717) is 11.8 Å². The summed E-state index contributed by atoms with van der Waals surface area (Å²) in [5, 5.41) is 9.15. The molecule has 2 aromatic heterocycles. The molecule has 0 aliphatic rings. The molecule has 0 saturated heterocycles. The van der Waals surface area contributed by atoms with Gasteiger partial charge >= 0.3 is 0 Å². The van der Waals surface area contributed by atoms with Gasteiger partial charge in [-0.1, -0.05) is 24.3 Å². The van der Waals surface area contributed by atoms with Crippen LogP contribution in [-0.2, 0) is 0 Å². The van der Waals surface area contributed by atoms with Gasteiger partial charge < -0.3 is 16.0 Å². The zero-order valence-corrected chi connectivity index (χ0v) is 18.6. The Labute approximate surface area is 191 Å². The predicted octanol–water partition coefficient (Wildman–Crippen LogP) is 4.34. The van der Waals surface area contributed by atoms with Crippen LogP contribution in [0, 0.1) is 0 Å². The van der Waals surface area contributed by atoms with Gasteiger partial charge in [0.25, 0.3) is 10.9 Å². The van der Waals surface area contributed by atoms with Crippen molar-refractivity contribution >= 4 is 41.0 Å². The van der Waals surface area contributed by atoms with Gasteiger partial charge in [-0.15, -0.1) is 0 Å². The molecular formula is C25H24N6O2. The number of anilines is 5. The third-order valence-corrected chi connectivity index (χ3v) is 4.62. The molecule has 0 spiro atoms. The highest BCUT2D eigenvalue weighted by Crippen LogP contribution is 2.23. The first-order chi connectivity index (χ1) is 15.8. The van der Waals surface area contributed by atoms with E-state index in [2.05, 4.69) is 30.9 Å². The number of rotatable bonds is 7. The standard InChI is InChI=1S/C25H24N6O2/c1-25(2,3)31-21-20(22(32)23(21)33)29-19-13-15-27-24(30-19)28-18-11-8-16(9-12-18)7-10-17-6-4-5-14-26-17/h4-15,31H,1-3H3,(H2,27,28,29,30)/b10-7+. The van der Waals surface area contributed by atoms with E-state index in [1.165, 1.54) is 0 Å². The van der Waals surface area contributed by atoms with Crippen LogP contribution in [0.5, 0.6) is 0 Å². The Morgan fingerprint density at radius 1 is 0.788 bits per heavy atom. The number of hydrogen-bond acceptors (Lipinski definition) is 8. The summed E-state index contributed by atoms with van der Waals surface area (Å²) >= 11 is 0. The summed E-state index contributed by atoms with van der Waals surface area (Å²) in [4.78, 5) is 36.9. The molecule has 33 heavy (non-hydrogen) atoms. The molecule has 8 heteroatoms. The third-order valence-electron chi connectivity index (χ3n) is 4.62. The Morgan fingerprint density at radius 2 is 1.55 bits per heavy atom. The van der Waals surface area contributed by atoms with Gasteiger partial charge in [-0.25, -0.2) is 4.98 Å². The SMILES string of the molecule is CC(C)(C)Nc1c(Nc2ccnc(Nc3ccc(/C=C/c4ccccn4)cc3)n2)c(=O)c1=O. The van der Waals surface area contributed by atoms with E-state index in [4.69, 9.17) is 0 Å². The second kappa shape index (κ2) is 9.04. The normalized spacial score (nSPS) is 11.6. The molecule has 2 aromatic carbocycles. The lowest BCUT2D eigenvalue weighted by atomic mass is 10.1. The molecule has 0 aliphatic carbocycles. The quantitative estimate of drug-likeness (QED) is 0.364. The van der Waals surface area contributed by atoms with Gasteiger partial charge in [-0.2, -0.15) is 4.98 Å². The number of pyridine rings is 1. The summed E-state index contributed by atoms with van der Waals surface area (Å²) in [6.45, 7) is 5.75. The van der Waals surface area contributed by atoms with Gasteiger partial charge in [0, 0.05) is 23.6 Å². The Morgan fingerprint density at radius 3 is 2.24 bits per heavy atom. The lowest BCUT2D eigenvalue weighted by molar-refractivity contribution is 0.632. The van der Waals surface area contributed by atoms with Crippen molar-refractivity contribution < 1.29 is 0 Å². The Balaban J connectivity index is 1.44. The lowest BCUT2D eigenvalue weighted by Crippen LogP contribution is -2.41. The van der Waals surface area contributed by atoms with Crippen molar-refractivity contribution in [2.24, 2.45) is 0 Å². The van der Waals surface area contributed by atoms with Gasteiger partial charge in [0.2, 0.25) is 5.95 Å². The van der Waals surface area contributed by atoms with Gasteiger partial charge in [0.05, 0.1) is 5.69 Å². The van der Waals surface area contributed by atoms with Crippen molar-refractivity contribution in [3.8, 4) is 0 Å². The van der Waals surface area contributed by atoms with Gasteiger partial charge in [0.1, 0.15) is 17.2 Å². The molecule has 8 nitrogen and oxygen atoms in total. The lowest BCUT2D eigenvalue weighted by Gasteiger charge is -2.24. The molecule has 4 aromatic rings. The second-order valence-electron chi connectivity index (χ2n) is 8.51. The van der Waals surface area contributed by atoms with Crippen LogP contribution in [0.2, 0.25) is 0 Å². The van der Waals surface area contributed by atoms with Gasteiger partial charge in [-0.05, 0) is 62.7 Å². The maximum atomic E-state index is 12.0. The summed E-state index contributed by atoms with van der Waals surface area (Å²) in [7, 11) is 0. The van der Waals surface area contributed by atoms with E-state index in [0.717, 1.165) is 16.9 Å². The number of benzene rings is 1. The van der Waals surface area contributed by atoms with E-state index in [1.54, 1.807) is 18.5 Å². The molecule has 0 radical (unpaired) electrons. The third kappa shape index (κ3) is 5.48. The highest BCUT2D eigenvalue weighted by Gasteiger charge is 2.25. The topological polar surface area (TPSA) is 109 Å². The molecule has 0 unspecified atom stereocenters. The molecule has 2 heterocycles. The average Bonchev–Trinajstić information content (AvgIpc) is 2.81. The molecule has 0 bridgehead atoms. The van der Waals surface area contributed by atoms with E-state index in [-0.39, 0.29) is 16.9 Å². The fraction of sp³-hybridized carbons (Fsp3) is 0.160. The van der Waals surface area contributed by atoms with Crippen LogP contribution in [0.25, 0.3) is 12.2 Å². The second-order valence-corrected chi connectivity index (χ2v) is 8.51. The summed E-state index contributed by atoms with van der Waals surface area (Å²) in [5.74, 6) is 0.771. The smallest absolute Gasteiger partial charge is 0.253 e. The number of nitrogens with one attached hydrogen (secondary N) is 3. The molecule has 0 saturated carbocycles. The fourth-order valence-electron chi connectivity index (χ4n) is 3.08. The minimum Gasteiger partial charge on any atom is -0.375 e. The van der Waals surface area contributed by atoms with Crippen LogP contribution in [0.4, 0.5) is 28.8 Å². The zero-order chi connectivity index (χ0) is 23.4. The Hall–Kier alpha value is -4.33. The molecule has 0 fully saturated rings. The summed E-state index contributed by atoms with van der Waals surface area (Å²) in [6, 6.07) is 15.2. The van der Waals surface area contributed by atoms with Crippen molar-refractivity contribution in [2.75, 3.05) is 16.0 Å². The van der Waals surface area contributed by atoms with Crippen molar-refractivity contribution in [2.45, 2.75) is 26.3 Å². The van der Waals surface area contributed by atoms with Crippen LogP contribution >= 0.6 is 0 Å². The number of nitrogens with zero attached hydrogens (tertiary/aromatic N) is 3. The average molecular weight is 441 g/mol. The molecule has 3 N–H and O–H groups in total. The highest BCUT2D eigenvalue weighted by molar-refractivity contribution is 5.78. The summed E-state index contributed by atoms with van der Waals surface area (Å²) in [6.07, 6.45) is 7.27. The van der Waals surface area contributed by atoms with Crippen molar-refractivity contribution in [3.05, 3.63) is 92.6 Å². The molecule has 0 aliphatic heterocycles. The summed E-state index contributed by atoms with van der Waals surface area (Å²) < 4.78 is 0. The predicted molar refractivity (Wildman–Crippen MR) is 133 cm³/mol. The van der Waals surface area contributed by atoms with Crippen molar-refractivity contribution in [3.63, 3.8) is 0 Å². The Kier molecular flexibility index (Phi) is 5.99. The van der Waals surface area contributed by atoms with E-state index in [9.17, 15) is 9.59 Å². The fourth-order valence-corrected chi connectivity index (χ4v) is 3.08. The minimum absolute atomic E-state index is 0.212. The maximum absolute atomic E-state index is 12.0. The van der Waals surface area contributed by atoms with E-state index in [1.807, 2.05) is 75.4 Å². The molecule has 0 atom stereocenters. The monoisotopic (exact) mass is 440 g/mol. The molecule has 166 valence electrons. The first-order valence-corrected chi connectivity index (χ1v) is 10.5.